The third-order valence-electron chi connectivity index (χ3n) is 5.36. The third kappa shape index (κ3) is 3.67. The highest BCUT2D eigenvalue weighted by atomic mass is 15.2. The number of aryl methyl sites for hydroxylation is 1. The molecule has 1 aliphatic heterocycles. The number of hydrogen-bond acceptors (Lipinski definition) is 2. The van der Waals surface area contributed by atoms with Crippen molar-refractivity contribution >= 4 is 0 Å². The Morgan fingerprint density at radius 3 is 2.71 bits per heavy atom. The fraction of sp³-hybridized carbons (Fsp3) is 0.684. The average Bonchev–Trinajstić information content (AvgIpc) is 2.76. The third-order valence-corrected chi connectivity index (χ3v) is 5.36. The van der Waals surface area contributed by atoms with Crippen LogP contribution in [0.4, 0.5) is 0 Å². The molecule has 0 saturated carbocycles. The number of piperidine rings is 1. The largest absolute Gasteiger partial charge is 0.317 e. The molecule has 116 valence electrons. The van der Waals surface area contributed by atoms with E-state index in [1.807, 2.05) is 0 Å². The molecule has 1 heterocycles. The SMILES string of the molecule is CCNCC1CCN(C2CCCCc3ccccc32)CC1. The predicted octanol–water partition coefficient (Wildman–Crippen LogP) is 3.78. The Balaban J connectivity index is 1.65. The second kappa shape index (κ2) is 7.42. The standard InChI is InChI=1S/C19H30N2/c1-2-20-15-16-11-13-21(14-12-16)19-10-6-4-8-17-7-3-5-9-18(17)19/h3,5,7,9,16,19-20H,2,4,6,8,10-15H2,1H3. The first kappa shape index (κ1) is 15.1. The lowest BCUT2D eigenvalue weighted by molar-refractivity contribution is 0.125. The highest BCUT2D eigenvalue weighted by Gasteiger charge is 2.28. The summed E-state index contributed by atoms with van der Waals surface area (Å²) in [5, 5.41) is 3.52. The quantitative estimate of drug-likeness (QED) is 0.848. The van der Waals surface area contributed by atoms with Gasteiger partial charge in [-0.1, -0.05) is 37.6 Å². The molecular formula is C19H30N2. The molecule has 0 bridgehead atoms. The van der Waals surface area contributed by atoms with Gasteiger partial charge < -0.3 is 5.32 Å². The average molecular weight is 286 g/mol. The van der Waals surface area contributed by atoms with Crippen molar-refractivity contribution in [3.05, 3.63) is 35.4 Å². The highest BCUT2D eigenvalue weighted by molar-refractivity contribution is 5.31. The zero-order valence-electron chi connectivity index (χ0n) is 13.5. The summed E-state index contributed by atoms with van der Waals surface area (Å²) in [4.78, 5) is 2.77. The molecule has 2 aliphatic rings. The van der Waals surface area contributed by atoms with Crippen LogP contribution in [-0.4, -0.2) is 31.1 Å². The maximum Gasteiger partial charge on any atom is 0.0350 e. The van der Waals surface area contributed by atoms with Gasteiger partial charge in [0.25, 0.3) is 0 Å². The van der Waals surface area contributed by atoms with Crippen molar-refractivity contribution in [2.24, 2.45) is 5.92 Å². The van der Waals surface area contributed by atoms with E-state index in [4.69, 9.17) is 0 Å². The normalized spacial score (nSPS) is 24.5. The van der Waals surface area contributed by atoms with E-state index in [-0.39, 0.29) is 0 Å². The second-order valence-electron chi connectivity index (χ2n) is 6.75. The molecular weight excluding hydrogens is 256 g/mol. The molecule has 1 atom stereocenters. The number of nitrogens with zero attached hydrogens (tertiary/aromatic N) is 1. The van der Waals surface area contributed by atoms with Gasteiger partial charge in [0.15, 0.2) is 0 Å². The minimum Gasteiger partial charge on any atom is -0.317 e. The van der Waals surface area contributed by atoms with Crippen molar-refractivity contribution in [2.75, 3.05) is 26.2 Å². The van der Waals surface area contributed by atoms with Crippen LogP contribution in [0, 0.1) is 5.92 Å². The molecule has 2 heteroatoms. The smallest absolute Gasteiger partial charge is 0.0350 e. The topological polar surface area (TPSA) is 15.3 Å². The van der Waals surface area contributed by atoms with Crippen LogP contribution in [0.3, 0.4) is 0 Å². The van der Waals surface area contributed by atoms with Gasteiger partial charge in [-0.05, 0) is 75.3 Å². The molecule has 1 aromatic rings. The number of hydrogen-bond donors (Lipinski definition) is 1. The Kier molecular flexibility index (Phi) is 5.32. The number of rotatable bonds is 4. The van der Waals surface area contributed by atoms with E-state index in [0.29, 0.717) is 6.04 Å². The van der Waals surface area contributed by atoms with E-state index < -0.39 is 0 Å². The van der Waals surface area contributed by atoms with E-state index in [0.717, 1.165) is 12.5 Å². The van der Waals surface area contributed by atoms with Crippen molar-refractivity contribution in [3.63, 3.8) is 0 Å². The Morgan fingerprint density at radius 2 is 1.90 bits per heavy atom. The molecule has 1 saturated heterocycles. The van der Waals surface area contributed by atoms with Crippen molar-refractivity contribution in [2.45, 2.75) is 51.5 Å². The first-order valence-corrected chi connectivity index (χ1v) is 8.91. The minimum atomic E-state index is 0.684. The Hall–Kier alpha value is -0.860. The molecule has 3 rings (SSSR count). The molecule has 2 nitrogen and oxygen atoms in total. The molecule has 1 N–H and O–H groups in total. The first-order valence-electron chi connectivity index (χ1n) is 8.91. The molecule has 0 spiro atoms. The van der Waals surface area contributed by atoms with Gasteiger partial charge in [-0.3, -0.25) is 4.90 Å². The fourth-order valence-electron chi connectivity index (χ4n) is 4.09. The summed E-state index contributed by atoms with van der Waals surface area (Å²) in [5.41, 5.74) is 3.23. The second-order valence-corrected chi connectivity index (χ2v) is 6.75. The number of fused-ring (bicyclic) bond motifs is 1. The molecule has 21 heavy (non-hydrogen) atoms. The lowest BCUT2D eigenvalue weighted by Crippen LogP contribution is -2.39. The van der Waals surface area contributed by atoms with Crippen LogP contribution in [-0.2, 0) is 6.42 Å². The van der Waals surface area contributed by atoms with Crippen LogP contribution in [0.2, 0.25) is 0 Å². The Labute approximate surface area is 129 Å². The van der Waals surface area contributed by atoms with E-state index in [2.05, 4.69) is 41.4 Å². The van der Waals surface area contributed by atoms with Crippen molar-refractivity contribution in [1.82, 2.24) is 10.2 Å². The molecule has 0 aromatic heterocycles. The molecule has 0 amide bonds. The van der Waals surface area contributed by atoms with Gasteiger partial charge in [-0.25, -0.2) is 0 Å². The minimum absolute atomic E-state index is 0.684. The lowest BCUT2D eigenvalue weighted by Gasteiger charge is -2.38. The fourth-order valence-corrected chi connectivity index (χ4v) is 4.09. The van der Waals surface area contributed by atoms with E-state index in [1.165, 1.54) is 58.2 Å². The van der Waals surface area contributed by atoms with Gasteiger partial charge in [0.1, 0.15) is 0 Å². The summed E-state index contributed by atoms with van der Waals surface area (Å²) in [5.74, 6) is 0.891. The van der Waals surface area contributed by atoms with E-state index in [1.54, 1.807) is 11.1 Å². The van der Waals surface area contributed by atoms with Gasteiger partial charge >= 0.3 is 0 Å². The zero-order valence-corrected chi connectivity index (χ0v) is 13.5. The number of likely N-dealkylation sites (tertiary alicyclic amines) is 1. The van der Waals surface area contributed by atoms with Crippen LogP contribution >= 0.6 is 0 Å². The van der Waals surface area contributed by atoms with Crippen molar-refractivity contribution in [1.29, 1.82) is 0 Å². The Bertz CT molecular complexity index is 435. The van der Waals surface area contributed by atoms with Crippen LogP contribution < -0.4 is 5.32 Å². The van der Waals surface area contributed by atoms with Crippen LogP contribution in [0.5, 0.6) is 0 Å². The summed E-state index contributed by atoms with van der Waals surface area (Å²) < 4.78 is 0. The molecule has 1 aliphatic carbocycles. The van der Waals surface area contributed by atoms with Gasteiger partial charge in [0.2, 0.25) is 0 Å². The van der Waals surface area contributed by atoms with Crippen LogP contribution in [0.15, 0.2) is 24.3 Å². The molecule has 1 fully saturated rings. The summed E-state index contributed by atoms with van der Waals surface area (Å²) in [6, 6.07) is 9.87. The first-order chi connectivity index (χ1) is 10.4. The monoisotopic (exact) mass is 286 g/mol. The summed E-state index contributed by atoms with van der Waals surface area (Å²) in [6.45, 7) is 7.10. The van der Waals surface area contributed by atoms with Gasteiger partial charge in [-0.2, -0.15) is 0 Å². The summed E-state index contributed by atoms with van der Waals surface area (Å²) in [7, 11) is 0. The molecule has 1 aromatic carbocycles. The van der Waals surface area contributed by atoms with Crippen molar-refractivity contribution < 1.29 is 0 Å². The van der Waals surface area contributed by atoms with Gasteiger partial charge in [0, 0.05) is 6.04 Å². The maximum absolute atomic E-state index is 3.52. The van der Waals surface area contributed by atoms with E-state index in [9.17, 15) is 0 Å². The Morgan fingerprint density at radius 1 is 1.10 bits per heavy atom. The van der Waals surface area contributed by atoms with Crippen molar-refractivity contribution in [3.8, 4) is 0 Å². The summed E-state index contributed by atoms with van der Waals surface area (Å²) in [6.07, 6.45) is 8.12. The predicted molar refractivity (Wildman–Crippen MR) is 89.6 cm³/mol. The van der Waals surface area contributed by atoms with Crippen LogP contribution in [0.1, 0.15) is 56.2 Å². The molecule has 0 radical (unpaired) electrons. The zero-order chi connectivity index (χ0) is 14.5. The molecule has 1 unspecified atom stereocenters. The van der Waals surface area contributed by atoms with E-state index >= 15 is 0 Å². The van der Waals surface area contributed by atoms with Gasteiger partial charge in [0.05, 0.1) is 0 Å². The lowest BCUT2D eigenvalue weighted by atomic mass is 9.92. The number of benzene rings is 1. The van der Waals surface area contributed by atoms with Crippen LogP contribution in [0.25, 0.3) is 0 Å². The number of nitrogens with one attached hydrogen (secondary N) is 1. The summed E-state index contributed by atoms with van der Waals surface area (Å²) >= 11 is 0. The van der Waals surface area contributed by atoms with Gasteiger partial charge in [-0.15, -0.1) is 0 Å². The maximum atomic E-state index is 3.52. The highest BCUT2D eigenvalue weighted by Crippen LogP contribution is 2.35.